The van der Waals surface area contributed by atoms with Crippen molar-refractivity contribution in [3.63, 3.8) is 0 Å². The largest absolute Gasteiger partial charge is 0.392 e. The van der Waals surface area contributed by atoms with Crippen LogP contribution in [0.25, 0.3) is 0 Å². The van der Waals surface area contributed by atoms with E-state index in [1.807, 2.05) is 0 Å². The summed E-state index contributed by atoms with van der Waals surface area (Å²) >= 11 is 0. The first kappa shape index (κ1) is 9.01. The molecule has 1 fully saturated rings. The Balaban J connectivity index is 2.34. The molecule has 0 aromatic heterocycles. The molecule has 66 valence electrons. The van der Waals surface area contributed by atoms with Crippen LogP contribution in [-0.4, -0.2) is 35.2 Å². The molecule has 1 aliphatic heterocycles. The molecule has 1 rings (SSSR count). The molecular weight excluding hydrogens is 138 g/mol. The number of rotatable bonds is 2. The van der Waals surface area contributed by atoms with Gasteiger partial charge in [0, 0.05) is 12.6 Å². The Morgan fingerprint density at radius 1 is 1.45 bits per heavy atom. The summed E-state index contributed by atoms with van der Waals surface area (Å²) in [6, 6.07) is 0.679. The van der Waals surface area contributed by atoms with Crippen LogP contribution in [0.4, 0.5) is 0 Å². The number of likely N-dealkylation sites (tertiary alicyclic amines) is 1. The van der Waals surface area contributed by atoms with Gasteiger partial charge in [-0.2, -0.15) is 0 Å². The number of aliphatic hydroxyl groups excluding tert-OH is 1. The highest BCUT2D eigenvalue weighted by atomic mass is 16.3. The van der Waals surface area contributed by atoms with Crippen LogP contribution in [0, 0.1) is 0 Å². The summed E-state index contributed by atoms with van der Waals surface area (Å²) in [4.78, 5) is 2.38. The molecule has 1 heterocycles. The number of hydrogen-bond acceptors (Lipinski definition) is 2. The van der Waals surface area contributed by atoms with Gasteiger partial charge in [-0.1, -0.05) is 6.92 Å². The van der Waals surface area contributed by atoms with Crippen molar-refractivity contribution < 1.29 is 5.11 Å². The number of piperidine rings is 1. The summed E-state index contributed by atoms with van der Waals surface area (Å²) in [5, 5.41) is 9.38. The predicted octanol–water partition coefficient (Wildman–Crippen LogP) is 1.24. The minimum absolute atomic E-state index is 0.0715. The summed E-state index contributed by atoms with van der Waals surface area (Å²) in [7, 11) is 0. The van der Waals surface area contributed by atoms with Crippen molar-refractivity contribution in [2.75, 3.05) is 13.1 Å². The SMILES string of the molecule is CCCN1C[C@H](O)CC[C@H]1C. The summed E-state index contributed by atoms with van der Waals surface area (Å²) in [5.74, 6) is 0. The van der Waals surface area contributed by atoms with Gasteiger partial charge in [0.15, 0.2) is 0 Å². The van der Waals surface area contributed by atoms with Gasteiger partial charge in [0.2, 0.25) is 0 Å². The van der Waals surface area contributed by atoms with E-state index in [4.69, 9.17) is 0 Å². The molecule has 0 amide bonds. The van der Waals surface area contributed by atoms with E-state index in [1.54, 1.807) is 0 Å². The first-order valence-corrected chi connectivity index (χ1v) is 4.66. The highest BCUT2D eigenvalue weighted by Crippen LogP contribution is 2.16. The van der Waals surface area contributed by atoms with Crippen molar-refractivity contribution in [1.29, 1.82) is 0 Å². The molecule has 2 atom stereocenters. The standard InChI is InChI=1S/C9H19NO/c1-3-6-10-7-9(11)5-4-8(10)2/h8-9,11H,3-7H2,1-2H3/t8-,9-/m1/s1. The average molecular weight is 157 g/mol. The molecule has 1 aliphatic rings. The van der Waals surface area contributed by atoms with Crippen LogP contribution in [0.2, 0.25) is 0 Å². The zero-order valence-corrected chi connectivity index (χ0v) is 7.58. The molecule has 2 heteroatoms. The summed E-state index contributed by atoms with van der Waals surface area (Å²) in [6.07, 6.45) is 3.26. The second kappa shape index (κ2) is 4.07. The van der Waals surface area contributed by atoms with Crippen LogP contribution in [0.1, 0.15) is 33.1 Å². The lowest BCUT2D eigenvalue weighted by Crippen LogP contribution is -2.44. The Morgan fingerprint density at radius 3 is 2.82 bits per heavy atom. The Hall–Kier alpha value is -0.0800. The Kier molecular flexibility index (Phi) is 3.34. The second-order valence-corrected chi connectivity index (χ2v) is 3.58. The van der Waals surface area contributed by atoms with Crippen LogP contribution >= 0.6 is 0 Å². The van der Waals surface area contributed by atoms with Gasteiger partial charge in [-0.05, 0) is 32.7 Å². The maximum atomic E-state index is 9.38. The Bertz CT molecular complexity index is 116. The molecule has 0 bridgehead atoms. The first-order valence-electron chi connectivity index (χ1n) is 4.66. The van der Waals surface area contributed by atoms with Gasteiger partial charge >= 0.3 is 0 Å². The maximum Gasteiger partial charge on any atom is 0.0667 e. The Labute approximate surface area is 69.2 Å². The molecule has 1 N–H and O–H groups in total. The van der Waals surface area contributed by atoms with Gasteiger partial charge < -0.3 is 5.11 Å². The first-order chi connectivity index (χ1) is 5.24. The number of hydrogen-bond donors (Lipinski definition) is 1. The van der Waals surface area contributed by atoms with Gasteiger partial charge in [0.05, 0.1) is 6.10 Å². The van der Waals surface area contributed by atoms with Gasteiger partial charge in [0.25, 0.3) is 0 Å². The van der Waals surface area contributed by atoms with E-state index in [-0.39, 0.29) is 6.10 Å². The van der Waals surface area contributed by atoms with E-state index in [9.17, 15) is 5.11 Å². The Morgan fingerprint density at radius 2 is 2.18 bits per heavy atom. The average Bonchev–Trinajstić information content (AvgIpc) is 1.98. The quantitative estimate of drug-likeness (QED) is 0.652. The van der Waals surface area contributed by atoms with Gasteiger partial charge in [-0.25, -0.2) is 0 Å². The second-order valence-electron chi connectivity index (χ2n) is 3.58. The minimum atomic E-state index is -0.0715. The van der Waals surface area contributed by atoms with Gasteiger partial charge in [0.1, 0.15) is 0 Å². The zero-order chi connectivity index (χ0) is 8.27. The van der Waals surface area contributed by atoms with Crippen molar-refractivity contribution in [1.82, 2.24) is 4.90 Å². The molecule has 0 radical (unpaired) electrons. The fourth-order valence-corrected chi connectivity index (χ4v) is 1.76. The van der Waals surface area contributed by atoms with E-state index in [0.717, 1.165) is 25.9 Å². The van der Waals surface area contributed by atoms with Crippen molar-refractivity contribution in [3.8, 4) is 0 Å². The topological polar surface area (TPSA) is 23.5 Å². The third kappa shape index (κ3) is 2.46. The predicted molar refractivity (Wildman–Crippen MR) is 46.6 cm³/mol. The summed E-state index contributed by atoms with van der Waals surface area (Å²) < 4.78 is 0. The van der Waals surface area contributed by atoms with Gasteiger partial charge in [-0.3, -0.25) is 4.90 Å². The monoisotopic (exact) mass is 157 g/mol. The van der Waals surface area contributed by atoms with Crippen molar-refractivity contribution >= 4 is 0 Å². The van der Waals surface area contributed by atoms with Crippen LogP contribution < -0.4 is 0 Å². The third-order valence-corrected chi connectivity index (χ3v) is 2.50. The van der Waals surface area contributed by atoms with E-state index in [0.29, 0.717) is 6.04 Å². The van der Waals surface area contributed by atoms with Crippen LogP contribution in [0.5, 0.6) is 0 Å². The molecule has 1 saturated heterocycles. The van der Waals surface area contributed by atoms with Crippen molar-refractivity contribution in [3.05, 3.63) is 0 Å². The number of aliphatic hydroxyl groups is 1. The molecule has 2 nitrogen and oxygen atoms in total. The third-order valence-electron chi connectivity index (χ3n) is 2.50. The minimum Gasteiger partial charge on any atom is -0.392 e. The number of β-amino-alcohol motifs (C(OH)–C–C–N with tert-alkyl or cyclic N) is 1. The fraction of sp³-hybridized carbons (Fsp3) is 1.00. The normalized spacial score (nSPS) is 34.1. The molecule has 0 spiro atoms. The van der Waals surface area contributed by atoms with Crippen molar-refractivity contribution in [2.45, 2.75) is 45.3 Å². The highest BCUT2D eigenvalue weighted by molar-refractivity contribution is 4.77. The van der Waals surface area contributed by atoms with E-state index in [1.165, 1.54) is 6.42 Å². The summed E-state index contributed by atoms with van der Waals surface area (Å²) in [5.41, 5.74) is 0. The molecule has 11 heavy (non-hydrogen) atoms. The molecule has 0 aliphatic carbocycles. The van der Waals surface area contributed by atoms with Crippen LogP contribution in [0.15, 0.2) is 0 Å². The van der Waals surface area contributed by atoms with Crippen molar-refractivity contribution in [2.24, 2.45) is 0 Å². The highest BCUT2D eigenvalue weighted by Gasteiger charge is 2.22. The van der Waals surface area contributed by atoms with Gasteiger partial charge in [-0.15, -0.1) is 0 Å². The van der Waals surface area contributed by atoms with Crippen LogP contribution in [0.3, 0.4) is 0 Å². The summed E-state index contributed by atoms with van der Waals surface area (Å²) in [6.45, 7) is 6.46. The van der Waals surface area contributed by atoms with E-state index in [2.05, 4.69) is 18.7 Å². The maximum absolute atomic E-state index is 9.38. The lowest BCUT2D eigenvalue weighted by molar-refractivity contribution is 0.0412. The lowest BCUT2D eigenvalue weighted by atomic mass is 10.0. The number of nitrogens with zero attached hydrogens (tertiary/aromatic N) is 1. The van der Waals surface area contributed by atoms with Crippen LogP contribution in [-0.2, 0) is 0 Å². The smallest absolute Gasteiger partial charge is 0.0667 e. The molecule has 0 saturated carbocycles. The molecule has 0 aromatic rings. The lowest BCUT2D eigenvalue weighted by Gasteiger charge is -2.35. The molecule has 0 aromatic carbocycles. The van der Waals surface area contributed by atoms with E-state index < -0.39 is 0 Å². The van der Waals surface area contributed by atoms with E-state index >= 15 is 0 Å². The zero-order valence-electron chi connectivity index (χ0n) is 7.58. The fourth-order valence-electron chi connectivity index (χ4n) is 1.76. The molecular formula is C9H19NO. The molecule has 0 unspecified atom stereocenters.